The van der Waals surface area contributed by atoms with Gasteiger partial charge < -0.3 is 4.98 Å². The number of halogens is 1. The number of aromatic nitrogens is 4. The molecule has 0 spiro atoms. The van der Waals surface area contributed by atoms with Crippen LogP contribution in [0.5, 0.6) is 0 Å². The number of fused-ring (bicyclic) bond motifs is 1. The smallest absolute Gasteiger partial charge is 0.149 e. The molecule has 0 amide bonds. The Kier molecular flexibility index (Phi) is 2.91. The average molecular weight is 303 g/mol. The van der Waals surface area contributed by atoms with Crippen LogP contribution in [0.25, 0.3) is 28.1 Å². The lowest BCUT2D eigenvalue weighted by atomic mass is 10.2. The van der Waals surface area contributed by atoms with Crippen molar-refractivity contribution in [2.24, 2.45) is 0 Å². The number of nitriles is 1. The number of aromatic amines is 1. The second-order valence-corrected chi connectivity index (χ2v) is 5.05. The molecule has 4 aromatic rings. The topological polar surface area (TPSA) is 70.3 Å². The van der Waals surface area contributed by atoms with E-state index >= 15 is 0 Å². The monoisotopic (exact) mass is 303 g/mol. The zero-order valence-corrected chi connectivity index (χ0v) is 11.9. The molecule has 1 N–H and O–H groups in total. The van der Waals surface area contributed by atoms with Crippen LogP contribution < -0.4 is 0 Å². The number of nitrogens with zero attached hydrogens (tertiary/aromatic N) is 4. The van der Waals surface area contributed by atoms with E-state index in [1.807, 2.05) is 0 Å². The van der Waals surface area contributed by atoms with E-state index in [9.17, 15) is 4.39 Å². The third-order valence-electron chi connectivity index (χ3n) is 3.58. The van der Waals surface area contributed by atoms with Crippen LogP contribution in [0, 0.1) is 17.1 Å². The van der Waals surface area contributed by atoms with Gasteiger partial charge in [0.25, 0.3) is 0 Å². The fourth-order valence-electron chi connectivity index (χ4n) is 2.47. The van der Waals surface area contributed by atoms with Crippen LogP contribution in [0.2, 0.25) is 0 Å². The maximum absolute atomic E-state index is 14.3. The van der Waals surface area contributed by atoms with Crippen molar-refractivity contribution in [1.82, 2.24) is 19.7 Å². The minimum absolute atomic E-state index is 0.377. The molecule has 4 rings (SSSR count). The van der Waals surface area contributed by atoms with Gasteiger partial charge in [0.15, 0.2) is 0 Å². The van der Waals surface area contributed by atoms with Crippen LogP contribution in [0.3, 0.4) is 0 Å². The van der Waals surface area contributed by atoms with Crippen LogP contribution in [-0.2, 0) is 0 Å². The number of imidazole rings is 1. The summed E-state index contributed by atoms with van der Waals surface area (Å²) in [6.45, 7) is 0. The van der Waals surface area contributed by atoms with E-state index in [0.29, 0.717) is 22.6 Å². The molecule has 2 heterocycles. The van der Waals surface area contributed by atoms with Crippen molar-refractivity contribution >= 4 is 11.0 Å². The predicted molar refractivity (Wildman–Crippen MR) is 83.3 cm³/mol. The summed E-state index contributed by atoms with van der Waals surface area (Å²) in [5, 5.41) is 13.0. The van der Waals surface area contributed by atoms with Gasteiger partial charge in [-0.15, -0.1) is 0 Å². The lowest BCUT2D eigenvalue weighted by Crippen LogP contribution is -1.98. The Hall–Kier alpha value is -3.46. The van der Waals surface area contributed by atoms with Crippen molar-refractivity contribution in [3.8, 4) is 23.1 Å². The maximum atomic E-state index is 14.3. The Morgan fingerprint density at radius 3 is 2.83 bits per heavy atom. The van der Waals surface area contributed by atoms with Crippen molar-refractivity contribution < 1.29 is 4.39 Å². The summed E-state index contributed by atoms with van der Waals surface area (Å²) < 4.78 is 15.8. The SMILES string of the molecule is N#Cc1ccc2nc(-c3ccc(-n4cccn4)c(F)c3)[nH]c2c1. The van der Waals surface area contributed by atoms with Crippen LogP contribution in [0.1, 0.15) is 5.56 Å². The lowest BCUT2D eigenvalue weighted by molar-refractivity contribution is 0.611. The molecule has 6 heteroatoms. The molecule has 0 bridgehead atoms. The summed E-state index contributed by atoms with van der Waals surface area (Å²) >= 11 is 0. The lowest BCUT2D eigenvalue weighted by Gasteiger charge is -2.04. The van der Waals surface area contributed by atoms with Gasteiger partial charge in [0.2, 0.25) is 0 Å². The Bertz CT molecular complexity index is 1040. The molecule has 2 aromatic carbocycles. The van der Waals surface area contributed by atoms with Gasteiger partial charge in [-0.3, -0.25) is 0 Å². The molecule has 110 valence electrons. The van der Waals surface area contributed by atoms with Crippen LogP contribution >= 0.6 is 0 Å². The Labute approximate surface area is 130 Å². The molecule has 0 saturated carbocycles. The molecular formula is C17H10FN5. The quantitative estimate of drug-likeness (QED) is 0.616. The molecule has 0 aliphatic rings. The molecule has 23 heavy (non-hydrogen) atoms. The number of benzene rings is 2. The molecule has 0 radical (unpaired) electrons. The molecule has 0 aliphatic heterocycles. The molecular weight excluding hydrogens is 293 g/mol. The van der Waals surface area contributed by atoms with Crippen molar-refractivity contribution in [3.05, 3.63) is 66.2 Å². The molecule has 2 aromatic heterocycles. The first kappa shape index (κ1) is 13.2. The number of rotatable bonds is 2. The molecule has 0 saturated heterocycles. The maximum Gasteiger partial charge on any atom is 0.149 e. The summed E-state index contributed by atoms with van der Waals surface area (Å²) in [5.41, 5.74) is 3.04. The second kappa shape index (κ2) is 5.07. The van der Waals surface area contributed by atoms with Gasteiger partial charge in [-0.05, 0) is 42.5 Å². The zero-order chi connectivity index (χ0) is 15.8. The van der Waals surface area contributed by atoms with Crippen LogP contribution in [-0.4, -0.2) is 19.7 Å². The summed E-state index contributed by atoms with van der Waals surface area (Å²) in [6, 6.07) is 13.9. The Balaban J connectivity index is 1.79. The van der Waals surface area contributed by atoms with Crippen molar-refractivity contribution in [3.63, 3.8) is 0 Å². The zero-order valence-electron chi connectivity index (χ0n) is 11.9. The first-order valence-electron chi connectivity index (χ1n) is 6.94. The van der Waals surface area contributed by atoms with E-state index < -0.39 is 0 Å². The fourth-order valence-corrected chi connectivity index (χ4v) is 2.47. The first-order valence-corrected chi connectivity index (χ1v) is 6.94. The van der Waals surface area contributed by atoms with Gasteiger partial charge in [-0.1, -0.05) is 0 Å². The largest absolute Gasteiger partial charge is 0.338 e. The van der Waals surface area contributed by atoms with E-state index in [4.69, 9.17) is 5.26 Å². The van der Waals surface area contributed by atoms with E-state index in [-0.39, 0.29) is 5.82 Å². The van der Waals surface area contributed by atoms with E-state index in [1.54, 1.807) is 48.8 Å². The molecule has 5 nitrogen and oxygen atoms in total. The third kappa shape index (κ3) is 2.24. The van der Waals surface area contributed by atoms with E-state index in [2.05, 4.69) is 21.1 Å². The number of H-pyrrole nitrogens is 1. The number of nitrogens with one attached hydrogen (secondary N) is 1. The van der Waals surface area contributed by atoms with Gasteiger partial charge in [0, 0.05) is 18.0 Å². The highest BCUT2D eigenvalue weighted by Gasteiger charge is 2.10. The highest BCUT2D eigenvalue weighted by molar-refractivity contribution is 5.80. The minimum Gasteiger partial charge on any atom is -0.338 e. The predicted octanol–water partition coefficient (Wildman–Crippen LogP) is 3.43. The van der Waals surface area contributed by atoms with Crippen molar-refractivity contribution in [2.75, 3.05) is 0 Å². The number of hydrogen-bond donors (Lipinski definition) is 1. The standard InChI is InChI=1S/C17H10FN5/c18-13-9-12(3-5-16(13)23-7-1-6-20-23)17-21-14-4-2-11(10-19)8-15(14)22-17/h1-9H,(H,21,22). The van der Waals surface area contributed by atoms with Crippen molar-refractivity contribution in [1.29, 1.82) is 5.26 Å². The average Bonchev–Trinajstić information content (AvgIpc) is 3.23. The molecule has 0 unspecified atom stereocenters. The van der Waals surface area contributed by atoms with E-state index in [0.717, 1.165) is 11.0 Å². The third-order valence-corrected chi connectivity index (χ3v) is 3.58. The second-order valence-electron chi connectivity index (χ2n) is 5.05. The number of hydrogen-bond acceptors (Lipinski definition) is 3. The normalized spacial score (nSPS) is 10.8. The van der Waals surface area contributed by atoms with Gasteiger partial charge in [0.1, 0.15) is 17.3 Å². The van der Waals surface area contributed by atoms with Gasteiger partial charge in [0.05, 0.1) is 22.7 Å². The first-order chi connectivity index (χ1) is 11.2. The van der Waals surface area contributed by atoms with Crippen molar-refractivity contribution in [2.45, 2.75) is 0 Å². The Morgan fingerprint density at radius 2 is 2.09 bits per heavy atom. The highest BCUT2D eigenvalue weighted by atomic mass is 19.1. The van der Waals surface area contributed by atoms with Crippen LogP contribution in [0.15, 0.2) is 54.9 Å². The van der Waals surface area contributed by atoms with Gasteiger partial charge >= 0.3 is 0 Å². The molecule has 0 fully saturated rings. The summed E-state index contributed by atoms with van der Waals surface area (Å²) in [5.74, 6) is 0.172. The minimum atomic E-state index is -0.385. The molecule has 0 aliphatic carbocycles. The van der Waals surface area contributed by atoms with Gasteiger partial charge in [-0.2, -0.15) is 10.4 Å². The van der Waals surface area contributed by atoms with Crippen LogP contribution in [0.4, 0.5) is 4.39 Å². The Morgan fingerprint density at radius 1 is 1.17 bits per heavy atom. The summed E-state index contributed by atoms with van der Waals surface area (Å²) in [7, 11) is 0. The summed E-state index contributed by atoms with van der Waals surface area (Å²) in [4.78, 5) is 7.55. The van der Waals surface area contributed by atoms with E-state index in [1.165, 1.54) is 10.7 Å². The fraction of sp³-hybridized carbons (Fsp3) is 0. The summed E-state index contributed by atoms with van der Waals surface area (Å²) in [6.07, 6.45) is 3.28. The highest BCUT2D eigenvalue weighted by Crippen LogP contribution is 2.24. The van der Waals surface area contributed by atoms with Gasteiger partial charge in [-0.25, -0.2) is 14.1 Å². The molecule has 0 atom stereocenters.